The summed E-state index contributed by atoms with van der Waals surface area (Å²) >= 11 is 1.32. The summed E-state index contributed by atoms with van der Waals surface area (Å²) in [5, 5.41) is 3.94. The fraction of sp³-hybridized carbons (Fsp3) is 0.217. The highest BCUT2D eigenvalue weighted by Crippen LogP contribution is 2.41. The van der Waals surface area contributed by atoms with Crippen molar-refractivity contribution >= 4 is 33.3 Å². The Morgan fingerprint density at radius 3 is 2.56 bits per heavy atom. The van der Waals surface area contributed by atoms with Crippen LogP contribution in [0.25, 0.3) is 10.9 Å². The van der Waals surface area contributed by atoms with Crippen LogP contribution in [0.3, 0.4) is 0 Å². The zero-order valence-corrected chi connectivity index (χ0v) is 18.9. The third kappa shape index (κ3) is 3.99. The Kier molecular flexibility index (Phi) is 6.00. The van der Waals surface area contributed by atoms with Crippen molar-refractivity contribution in [3.8, 4) is 17.2 Å². The monoisotopic (exact) mass is 455 g/mol. The lowest BCUT2D eigenvalue weighted by molar-refractivity contribution is 0.102. The molecule has 0 aliphatic rings. The van der Waals surface area contributed by atoms with Crippen molar-refractivity contribution in [3.63, 3.8) is 0 Å². The Morgan fingerprint density at radius 2 is 1.88 bits per heavy atom. The van der Waals surface area contributed by atoms with Gasteiger partial charge in [0, 0.05) is 22.8 Å². The number of benzene rings is 2. The summed E-state index contributed by atoms with van der Waals surface area (Å²) in [5.74, 6) is 0.876. The van der Waals surface area contributed by atoms with E-state index in [1.54, 1.807) is 37.4 Å². The van der Waals surface area contributed by atoms with Gasteiger partial charge in [-0.05, 0) is 24.6 Å². The van der Waals surface area contributed by atoms with Gasteiger partial charge in [-0.3, -0.25) is 10.1 Å². The Labute approximate surface area is 188 Å². The van der Waals surface area contributed by atoms with Crippen molar-refractivity contribution in [2.45, 2.75) is 13.3 Å². The number of ether oxygens (including phenoxy) is 3. The SMILES string of the molecule is COc1cc(OC)c2cc(C(=O)Nc3nc(C)c(Cc4ccccc4F)s3)[nH]c2c1OC. The lowest BCUT2D eigenvalue weighted by Crippen LogP contribution is -2.11. The van der Waals surface area contributed by atoms with Crippen molar-refractivity contribution < 1.29 is 23.4 Å². The van der Waals surface area contributed by atoms with Gasteiger partial charge in [0.05, 0.1) is 32.5 Å². The Hall–Kier alpha value is -3.59. The van der Waals surface area contributed by atoms with Gasteiger partial charge >= 0.3 is 0 Å². The molecule has 0 atom stereocenters. The van der Waals surface area contributed by atoms with Gasteiger partial charge in [0.15, 0.2) is 16.6 Å². The lowest BCUT2D eigenvalue weighted by Gasteiger charge is -2.11. The number of aromatic nitrogens is 2. The second-order valence-corrected chi connectivity index (χ2v) is 8.12. The van der Waals surface area contributed by atoms with Crippen molar-refractivity contribution in [2.24, 2.45) is 0 Å². The second kappa shape index (κ2) is 8.88. The molecule has 0 aliphatic carbocycles. The summed E-state index contributed by atoms with van der Waals surface area (Å²) in [7, 11) is 4.60. The molecule has 0 bridgehead atoms. The first kappa shape index (κ1) is 21.6. The van der Waals surface area contributed by atoms with Crippen LogP contribution in [0, 0.1) is 12.7 Å². The number of nitrogens with one attached hydrogen (secondary N) is 2. The normalized spacial score (nSPS) is 10.9. The molecule has 2 aromatic carbocycles. The molecule has 1 amide bonds. The minimum atomic E-state index is -0.365. The van der Waals surface area contributed by atoms with Crippen LogP contribution in [-0.2, 0) is 6.42 Å². The van der Waals surface area contributed by atoms with Gasteiger partial charge in [-0.2, -0.15) is 0 Å². The van der Waals surface area contributed by atoms with E-state index < -0.39 is 0 Å². The third-order valence-corrected chi connectivity index (χ3v) is 6.18. The van der Waals surface area contributed by atoms with Crippen molar-refractivity contribution in [1.29, 1.82) is 0 Å². The Morgan fingerprint density at radius 1 is 1.12 bits per heavy atom. The first-order valence-electron chi connectivity index (χ1n) is 9.77. The highest BCUT2D eigenvalue weighted by molar-refractivity contribution is 7.15. The number of H-pyrrole nitrogens is 1. The van der Waals surface area contributed by atoms with Gasteiger partial charge in [0.25, 0.3) is 5.91 Å². The molecule has 0 saturated carbocycles. The van der Waals surface area contributed by atoms with E-state index in [0.29, 0.717) is 51.0 Å². The summed E-state index contributed by atoms with van der Waals surface area (Å²) in [6.07, 6.45) is 0.409. The molecule has 7 nitrogen and oxygen atoms in total. The van der Waals surface area contributed by atoms with Gasteiger partial charge in [-0.1, -0.05) is 18.2 Å². The fourth-order valence-corrected chi connectivity index (χ4v) is 4.46. The Balaban J connectivity index is 1.61. The quantitative estimate of drug-likeness (QED) is 0.412. The van der Waals surface area contributed by atoms with Gasteiger partial charge in [0.1, 0.15) is 17.3 Å². The number of methoxy groups -OCH3 is 3. The second-order valence-electron chi connectivity index (χ2n) is 7.04. The number of amides is 1. The van der Waals surface area contributed by atoms with Crippen molar-refractivity contribution in [2.75, 3.05) is 26.6 Å². The molecule has 0 saturated heterocycles. The van der Waals surface area contributed by atoms with E-state index >= 15 is 0 Å². The number of aryl methyl sites for hydroxylation is 1. The number of fused-ring (bicyclic) bond motifs is 1. The molecule has 32 heavy (non-hydrogen) atoms. The summed E-state index contributed by atoms with van der Waals surface area (Å²) in [6, 6.07) is 10.0. The maximum atomic E-state index is 14.0. The third-order valence-electron chi connectivity index (χ3n) is 5.11. The standard InChI is InChI=1S/C23H22FN3O4S/c1-12-19(9-13-7-5-6-8-15(13)24)32-23(25-12)27-22(28)16-10-14-17(29-2)11-18(30-3)21(31-4)20(14)26-16/h5-8,10-11,26H,9H2,1-4H3,(H,25,27,28). The topological polar surface area (TPSA) is 85.5 Å². The molecular formula is C23H22FN3O4S. The van der Waals surface area contributed by atoms with Crippen LogP contribution in [-0.4, -0.2) is 37.2 Å². The average Bonchev–Trinajstić information content (AvgIpc) is 3.38. The molecule has 0 aliphatic heterocycles. The number of hydrogen-bond acceptors (Lipinski definition) is 6. The summed E-state index contributed by atoms with van der Waals surface area (Å²) in [5.41, 5.74) is 2.23. The number of anilines is 1. The van der Waals surface area contributed by atoms with E-state index in [-0.39, 0.29) is 11.7 Å². The van der Waals surface area contributed by atoms with Crippen LogP contribution in [0.4, 0.5) is 9.52 Å². The van der Waals surface area contributed by atoms with E-state index in [0.717, 1.165) is 10.6 Å². The number of carbonyl (C=O) groups is 1. The summed E-state index contributed by atoms with van der Waals surface area (Å²) in [6.45, 7) is 1.84. The molecule has 9 heteroatoms. The maximum absolute atomic E-state index is 14.0. The predicted octanol–water partition coefficient (Wildman–Crippen LogP) is 4.94. The first-order chi connectivity index (χ1) is 15.4. The van der Waals surface area contributed by atoms with Crippen molar-refractivity contribution in [3.05, 3.63) is 64.0 Å². The molecule has 166 valence electrons. The number of carbonyl (C=O) groups excluding carboxylic acids is 1. The number of nitrogens with zero attached hydrogens (tertiary/aromatic N) is 1. The zero-order chi connectivity index (χ0) is 22.8. The summed E-state index contributed by atoms with van der Waals surface area (Å²) in [4.78, 5) is 21.3. The molecule has 2 N–H and O–H groups in total. The fourth-order valence-electron chi connectivity index (χ4n) is 3.48. The van der Waals surface area contributed by atoms with Crippen LogP contribution >= 0.6 is 11.3 Å². The van der Waals surface area contributed by atoms with E-state index in [9.17, 15) is 9.18 Å². The van der Waals surface area contributed by atoms with Crippen LogP contribution in [0.1, 0.15) is 26.6 Å². The van der Waals surface area contributed by atoms with Crippen LogP contribution in [0.15, 0.2) is 36.4 Å². The van der Waals surface area contributed by atoms with E-state index in [1.165, 1.54) is 31.6 Å². The molecule has 4 aromatic rings. The average molecular weight is 456 g/mol. The molecule has 2 aromatic heterocycles. The molecular weight excluding hydrogens is 433 g/mol. The number of aromatic amines is 1. The minimum Gasteiger partial charge on any atom is -0.496 e. The molecule has 2 heterocycles. The van der Waals surface area contributed by atoms with Crippen LogP contribution < -0.4 is 19.5 Å². The van der Waals surface area contributed by atoms with Gasteiger partial charge in [-0.25, -0.2) is 9.37 Å². The smallest absolute Gasteiger partial charge is 0.273 e. The maximum Gasteiger partial charge on any atom is 0.273 e. The predicted molar refractivity (Wildman–Crippen MR) is 122 cm³/mol. The molecule has 0 unspecified atom stereocenters. The molecule has 0 spiro atoms. The summed E-state index contributed by atoms with van der Waals surface area (Å²) < 4.78 is 30.3. The highest BCUT2D eigenvalue weighted by atomic mass is 32.1. The number of hydrogen-bond donors (Lipinski definition) is 2. The Bertz CT molecular complexity index is 1300. The molecule has 0 radical (unpaired) electrons. The van der Waals surface area contributed by atoms with Gasteiger partial charge in [0.2, 0.25) is 0 Å². The zero-order valence-electron chi connectivity index (χ0n) is 18.0. The number of rotatable bonds is 7. The van der Waals surface area contributed by atoms with E-state index in [2.05, 4.69) is 15.3 Å². The number of thiazole rings is 1. The van der Waals surface area contributed by atoms with Gasteiger partial charge in [-0.15, -0.1) is 11.3 Å². The van der Waals surface area contributed by atoms with Crippen LogP contribution in [0.2, 0.25) is 0 Å². The van der Waals surface area contributed by atoms with Crippen molar-refractivity contribution in [1.82, 2.24) is 9.97 Å². The first-order valence-corrected chi connectivity index (χ1v) is 10.6. The minimum absolute atomic E-state index is 0.262. The lowest BCUT2D eigenvalue weighted by atomic mass is 10.1. The van der Waals surface area contributed by atoms with E-state index in [4.69, 9.17) is 14.2 Å². The number of halogens is 1. The molecule has 0 fully saturated rings. The largest absolute Gasteiger partial charge is 0.496 e. The highest BCUT2D eigenvalue weighted by Gasteiger charge is 2.20. The van der Waals surface area contributed by atoms with Crippen LogP contribution in [0.5, 0.6) is 17.2 Å². The molecule has 4 rings (SSSR count). The van der Waals surface area contributed by atoms with Gasteiger partial charge < -0.3 is 19.2 Å². The van der Waals surface area contributed by atoms with E-state index in [1.807, 2.05) is 6.92 Å².